The molecule has 0 aliphatic rings. The Hall–Kier alpha value is -0.680. The molecule has 0 aliphatic heterocycles. The summed E-state index contributed by atoms with van der Waals surface area (Å²) in [7, 11) is 4.19. The first-order valence-electron chi connectivity index (χ1n) is 6.03. The van der Waals surface area contributed by atoms with E-state index in [0.29, 0.717) is 5.92 Å². The molecule has 0 radical (unpaired) electrons. The minimum atomic E-state index is 0.176. The summed E-state index contributed by atoms with van der Waals surface area (Å²) in [4.78, 5) is 2.21. The average molecular weight is 256 g/mol. The zero-order valence-corrected chi connectivity index (χ0v) is 12.6. The molecule has 0 atom stereocenters. The normalized spacial score (nSPS) is 12.7. The van der Waals surface area contributed by atoms with E-state index < -0.39 is 0 Å². The Labute approximate surface area is 109 Å². The van der Waals surface area contributed by atoms with Gasteiger partial charge in [-0.25, -0.2) is 0 Å². The summed E-state index contributed by atoms with van der Waals surface area (Å²) in [5, 5.41) is 7.21. The molecule has 0 bridgehead atoms. The van der Waals surface area contributed by atoms with Crippen molar-refractivity contribution in [2.24, 2.45) is 5.41 Å². The summed E-state index contributed by atoms with van der Waals surface area (Å²) in [5.74, 6) is 1.43. The first-order chi connectivity index (χ1) is 7.73. The topological polar surface area (TPSA) is 36.9 Å². The highest BCUT2D eigenvalue weighted by atomic mass is 32.1. The van der Waals surface area contributed by atoms with Crippen LogP contribution in [-0.4, -0.2) is 40.3 Å². The Bertz CT molecular complexity index is 414. The highest BCUT2D eigenvalue weighted by molar-refractivity contribution is 7.71. The Morgan fingerprint density at radius 3 is 2.47 bits per heavy atom. The van der Waals surface area contributed by atoms with Gasteiger partial charge in [0.25, 0.3) is 0 Å². The highest BCUT2D eigenvalue weighted by Crippen LogP contribution is 2.22. The summed E-state index contributed by atoms with van der Waals surface area (Å²) < 4.78 is 2.85. The van der Waals surface area contributed by atoms with Crippen molar-refractivity contribution < 1.29 is 0 Å². The van der Waals surface area contributed by atoms with Gasteiger partial charge in [-0.3, -0.25) is 5.10 Å². The lowest BCUT2D eigenvalue weighted by atomic mass is 9.92. The van der Waals surface area contributed by atoms with E-state index >= 15 is 0 Å². The van der Waals surface area contributed by atoms with Crippen LogP contribution in [0.4, 0.5) is 0 Å². The van der Waals surface area contributed by atoms with Gasteiger partial charge >= 0.3 is 0 Å². The molecular formula is C12H24N4S. The molecule has 1 heterocycles. The molecule has 0 aliphatic carbocycles. The van der Waals surface area contributed by atoms with E-state index in [4.69, 9.17) is 12.2 Å². The van der Waals surface area contributed by atoms with Crippen LogP contribution in [0.5, 0.6) is 0 Å². The Kier molecular flexibility index (Phi) is 4.49. The van der Waals surface area contributed by atoms with Crippen LogP contribution in [0.25, 0.3) is 0 Å². The van der Waals surface area contributed by atoms with E-state index in [0.717, 1.165) is 23.7 Å². The number of nitrogens with one attached hydrogen (secondary N) is 1. The van der Waals surface area contributed by atoms with Gasteiger partial charge in [0.05, 0.1) is 0 Å². The van der Waals surface area contributed by atoms with Crippen LogP contribution in [0.1, 0.15) is 39.4 Å². The molecule has 0 saturated carbocycles. The fraction of sp³-hybridized carbons (Fsp3) is 0.833. The first-order valence-corrected chi connectivity index (χ1v) is 6.43. The number of rotatable bonds is 5. The van der Waals surface area contributed by atoms with Crippen molar-refractivity contribution in [3.63, 3.8) is 0 Å². The number of aromatic nitrogens is 3. The van der Waals surface area contributed by atoms with Crippen LogP contribution in [-0.2, 0) is 6.54 Å². The molecule has 0 fully saturated rings. The number of hydrogen-bond acceptors (Lipinski definition) is 3. The minimum absolute atomic E-state index is 0.176. The predicted molar refractivity (Wildman–Crippen MR) is 73.8 cm³/mol. The molecule has 1 rings (SSSR count). The lowest BCUT2D eigenvalue weighted by Gasteiger charge is -2.29. The first kappa shape index (κ1) is 14.4. The van der Waals surface area contributed by atoms with E-state index in [-0.39, 0.29) is 5.41 Å². The van der Waals surface area contributed by atoms with Crippen LogP contribution in [0.3, 0.4) is 0 Å². The molecule has 98 valence electrons. The van der Waals surface area contributed by atoms with Crippen molar-refractivity contribution in [1.29, 1.82) is 0 Å². The van der Waals surface area contributed by atoms with Gasteiger partial charge in [-0.1, -0.05) is 27.7 Å². The minimum Gasteiger partial charge on any atom is -0.309 e. The maximum absolute atomic E-state index is 5.31. The predicted octanol–water partition coefficient (Wildman–Crippen LogP) is 2.65. The summed E-state index contributed by atoms with van der Waals surface area (Å²) in [6, 6.07) is 0. The summed E-state index contributed by atoms with van der Waals surface area (Å²) in [5.41, 5.74) is 0.176. The van der Waals surface area contributed by atoms with E-state index in [1.165, 1.54) is 0 Å². The van der Waals surface area contributed by atoms with Crippen LogP contribution in [0.15, 0.2) is 0 Å². The number of aromatic amines is 1. The summed E-state index contributed by atoms with van der Waals surface area (Å²) in [6.07, 6.45) is 0. The molecular weight excluding hydrogens is 232 g/mol. The van der Waals surface area contributed by atoms with Gasteiger partial charge in [0.1, 0.15) is 5.82 Å². The van der Waals surface area contributed by atoms with Crippen molar-refractivity contribution in [3.05, 3.63) is 10.6 Å². The largest absolute Gasteiger partial charge is 0.309 e. The molecule has 0 amide bonds. The monoisotopic (exact) mass is 256 g/mol. The van der Waals surface area contributed by atoms with Crippen molar-refractivity contribution in [1.82, 2.24) is 19.7 Å². The van der Waals surface area contributed by atoms with Crippen molar-refractivity contribution in [2.75, 3.05) is 20.6 Å². The Balaban J connectivity index is 2.94. The molecule has 0 unspecified atom stereocenters. The highest BCUT2D eigenvalue weighted by Gasteiger charge is 2.22. The molecule has 0 aromatic carbocycles. The summed E-state index contributed by atoms with van der Waals surface area (Å²) in [6.45, 7) is 10.7. The maximum Gasteiger partial charge on any atom is 0.195 e. The second-order valence-corrected chi connectivity index (χ2v) is 6.42. The Morgan fingerprint density at radius 1 is 1.41 bits per heavy atom. The van der Waals surface area contributed by atoms with Gasteiger partial charge in [-0.15, -0.1) is 0 Å². The van der Waals surface area contributed by atoms with Gasteiger partial charge in [-0.05, 0) is 31.7 Å². The molecule has 1 aromatic heterocycles. The van der Waals surface area contributed by atoms with Crippen molar-refractivity contribution >= 4 is 12.2 Å². The summed E-state index contributed by atoms with van der Waals surface area (Å²) >= 11 is 5.31. The van der Waals surface area contributed by atoms with Crippen molar-refractivity contribution in [2.45, 2.75) is 40.2 Å². The number of nitrogens with zero attached hydrogens (tertiary/aromatic N) is 3. The van der Waals surface area contributed by atoms with Gasteiger partial charge in [-0.2, -0.15) is 5.10 Å². The second-order valence-electron chi connectivity index (χ2n) is 6.03. The zero-order valence-electron chi connectivity index (χ0n) is 11.7. The molecule has 5 heteroatoms. The third-order valence-corrected chi connectivity index (χ3v) is 2.95. The number of hydrogen-bond donors (Lipinski definition) is 1. The molecule has 0 saturated heterocycles. The third-order valence-electron chi connectivity index (χ3n) is 2.63. The fourth-order valence-corrected chi connectivity index (χ4v) is 2.46. The van der Waals surface area contributed by atoms with Gasteiger partial charge in [0.2, 0.25) is 0 Å². The lowest BCUT2D eigenvalue weighted by molar-refractivity contribution is 0.208. The SMILES string of the molecule is CC(C)c1n[nH]c(=S)n1CC(C)(C)CN(C)C. The smallest absolute Gasteiger partial charge is 0.195 e. The Morgan fingerprint density at radius 2 is 2.00 bits per heavy atom. The van der Waals surface area contributed by atoms with E-state index in [2.05, 4.69) is 61.5 Å². The molecule has 17 heavy (non-hydrogen) atoms. The fourth-order valence-electron chi connectivity index (χ4n) is 2.26. The van der Waals surface area contributed by atoms with Crippen molar-refractivity contribution in [3.8, 4) is 0 Å². The zero-order chi connectivity index (χ0) is 13.2. The maximum atomic E-state index is 5.31. The molecule has 1 N–H and O–H groups in total. The average Bonchev–Trinajstić information content (AvgIpc) is 2.44. The van der Waals surface area contributed by atoms with E-state index in [1.54, 1.807) is 0 Å². The van der Waals surface area contributed by atoms with Crippen LogP contribution in [0.2, 0.25) is 0 Å². The van der Waals surface area contributed by atoms with E-state index in [9.17, 15) is 0 Å². The molecule has 4 nitrogen and oxygen atoms in total. The number of H-pyrrole nitrogens is 1. The lowest BCUT2D eigenvalue weighted by Crippen LogP contribution is -2.33. The molecule has 1 aromatic rings. The van der Waals surface area contributed by atoms with Gasteiger partial charge in [0, 0.05) is 19.0 Å². The van der Waals surface area contributed by atoms with E-state index in [1.807, 2.05) is 0 Å². The standard InChI is InChI=1S/C12H24N4S/c1-9(2)10-13-14-11(17)16(10)8-12(3,4)7-15(5)6/h9H,7-8H2,1-6H3,(H,14,17). The van der Waals surface area contributed by atoms with Crippen LogP contribution >= 0.6 is 12.2 Å². The van der Waals surface area contributed by atoms with Crippen LogP contribution in [0, 0.1) is 10.2 Å². The van der Waals surface area contributed by atoms with Gasteiger partial charge in [0.15, 0.2) is 4.77 Å². The quantitative estimate of drug-likeness (QED) is 0.823. The second kappa shape index (κ2) is 5.31. The molecule has 0 spiro atoms. The third kappa shape index (κ3) is 3.92. The van der Waals surface area contributed by atoms with Crippen LogP contribution < -0.4 is 0 Å². The van der Waals surface area contributed by atoms with Gasteiger partial charge < -0.3 is 9.47 Å².